The fourth-order valence-corrected chi connectivity index (χ4v) is 2.09. The first-order valence-electron chi connectivity index (χ1n) is 5.46. The third-order valence-electron chi connectivity index (χ3n) is 2.62. The molecule has 0 bridgehead atoms. The third kappa shape index (κ3) is 4.64. The lowest BCUT2D eigenvalue weighted by atomic mass is 10.1. The van der Waals surface area contributed by atoms with E-state index in [9.17, 15) is 0 Å². The Morgan fingerprint density at radius 2 is 2.43 bits per heavy atom. The Kier molecular flexibility index (Phi) is 6.60. The second kappa shape index (κ2) is 7.51. The molecule has 1 aliphatic heterocycles. The van der Waals surface area contributed by atoms with Crippen molar-refractivity contribution in [1.29, 1.82) is 0 Å². The van der Waals surface area contributed by atoms with Crippen molar-refractivity contribution in [2.75, 3.05) is 39.0 Å². The van der Waals surface area contributed by atoms with Gasteiger partial charge in [-0.1, -0.05) is 18.9 Å². The Hall–Kier alpha value is 0.230. The zero-order valence-corrected chi connectivity index (χ0v) is 10.1. The van der Waals surface area contributed by atoms with Gasteiger partial charge in [-0.15, -0.1) is 0 Å². The molecular formula is C10H22N2OS. The van der Waals surface area contributed by atoms with Gasteiger partial charge < -0.3 is 4.74 Å². The summed E-state index contributed by atoms with van der Waals surface area (Å²) in [6.07, 6.45) is 4.93. The highest BCUT2D eigenvalue weighted by Gasteiger charge is 2.18. The summed E-state index contributed by atoms with van der Waals surface area (Å²) in [5.74, 6) is 0. The van der Waals surface area contributed by atoms with Crippen molar-refractivity contribution in [1.82, 2.24) is 9.62 Å². The zero-order valence-electron chi connectivity index (χ0n) is 9.29. The van der Waals surface area contributed by atoms with E-state index in [0.717, 1.165) is 32.8 Å². The van der Waals surface area contributed by atoms with Crippen LogP contribution in [0.25, 0.3) is 0 Å². The van der Waals surface area contributed by atoms with Gasteiger partial charge in [-0.3, -0.25) is 9.62 Å². The minimum atomic E-state index is 0.465. The van der Waals surface area contributed by atoms with Crippen molar-refractivity contribution in [3.8, 4) is 0 Å². The summed E-state index contributed by atoms with van der Waals surface area (Å²) in [6.45, 7) is 7.61. The van der Waals surface area contributed by atoms with Gasteiger partial charge in [0.2, 0.25) is 0 Å². The molecule has 0 amide bonds. The predicted octanol–water partition coefficient (Wildman–Crippen LogP) is 1.35. The molecular weight excluding hydrogens is 196 g/mol. The van der Waals surface area contributed by atoms with Crippen LogP contribution in [0.1, 0.15) is 19.8 Å². The fraction of sp³-hybridized carbons (Fsp3) is 1.00. The fourth-order valence-electron chi connectivity index (χ4n) is 1.75. The van der Waals surface area contributed by atoms with Crippen molar-refractivity contribution < 1.29 is 4.74 Å². The summed E-state index contributed by atoms with van der Waals surface area (Å²) in [6, 6.07) is 0. The van der Waals surface area contributed by atoms with Crippen LogP contribution < -0.4 is 4.72 Å². The highest BCUT2D eigenvalue weighted by molar-refractivity contribution is 7.96. The standard InChI is InChI=1S/C10H22N2OS/c1-3-12-7-8-13-10(9-12)5-4-6-11-14-2/h10-11H,3-9H2,1-2H3/t10-/m1/s1. The van der Waals surface area contributed by atoms with Gasteiger partial charge in [0.05, 0.1) is 12.7 Å². The molecule has 0 aromatic carbocycles. The van der Waals surface area contributed by atoms with Crippen LogP contribution in [0.3, 0.4) is 0 Å². The van der Waals surface area contributed by atoms with E-state index < -0.39 is 0 Å². The molecule has 1 rings (SSSR count). The first-order chi connectivity index (χ1) is 6.86. The van der Waals surface area contributed by atoms with Crippen molar-refractivity contribution >= 4 is 11.9 Å². The van der Waals surface area contributed by atoms with Gasteiger partial charge in [0.1, 0.15) is 0 Å². The minimum absolute atomic E-state index is 0.465. The van der Waals surface area contributed by atoms with Gasteiger partial charge in [0.25, 0.3) is 0 Å². The Bertz CT molecular complexity index is 146. The summed E-state index contributed by atoms with van der Waals surface area (Å²) in [4.78, 5) is 2.47. The van der Waals surface area contributed by atoms with Crippen LogP contribution in [0.4, 0.5) is 0 Å². The number of morpholine rings is 1. The summed E-state index contributed by atoms with van der Waals surface area (Å²) in [7, 11) is 0. The first kappa shape index (κ1) is 12.3. The molecule has 0 unspecified atom stereocenters. The van der Waals surface area contributed by atoms with Crippen LogP contribution in [0.15, 0.2) is 0 Å². The molecule has 0 saturated carbocycles. The molecule has 1 aliphatic rings. The molecule has 1 saturated heterocycles. The molecule has 0 aromatic heterocycles. The molecule has 1 fully saturated rings. The highest BCUT2D eigenvalue weighted by atomic mass is 32.2. The van der Waals surface area contributed by atoms with Crippen molar-refractivity contribution in [2.45, 2.75) is 25.9 Å². The van der Waals surface area contributed by atoms with Crippen LogP contribution in [0, 0.1) is 0 Å². The maximum Gasteiger partial charge on any atom is 0.0703 e. The first-order valence-corrected chi connectivity index (χ1v) is 6.69. The number of rotatable bonds is 6. The third-order valence-corrected chi connectivity index (χ3v) is 3.11. The van der Waals surface area contributed by atoms with Crippen molar-refractivity contribution in [2.24, 2.45) is 0 Å². The zero-order chi connectivity index (χ0) is 10.2. The maximum atomic E-state index is 5.71. The highest BCUT2D eigenvalue weighted by Crippen LogP contribution is 2.09. The average molecular weight is 218 g/mol. The Balaban J connectivity index is 2.05. The Labute approximate surface area is 91.7 Å². The quantitative estimate of drug-likeness (QED) is 0.537. The van der Waals surface area contributed by atoms with E-state index in [1.807, 2.05) is 0 Å². The summed E-state index contributed by atoms with van der Waals surface area (Å²) >= 11 is 1.69. The molecule has 0 aliphatic carbocycles. The van der Waals surface area contributed by atoms with E-state index in [1.54, 1.807) is 11.9 Å². The van der Waals surface area contributed by atoms with Gasteiger partial charge in [0.15, 0.2) is 0 Å². The molecule has 0 spiro atoms. The minimum Gasteiger partial charge on any atom is -0.376 e. The monoisotopic (exact) mass is 218 g/mol. The number of nitrogens with one attached hydrogen (secondary N) is 1. The largest absolute Gasteiger partial charge is 0.376 e. The predicted molar refractivity (Wildman–Crippen MR) is 62.6 cm³/mol. The van der Waals surface area contributed by atoms with E-state index >= 15 is 0 Å². The van der Waals surface area contributed by atoms with Gasteiger partial charge in [0, 0.05) is 19.6 Å². The molecule has 1 N–H and O–H groups in total. The summed E-state index contributed by atoms with van der Waals surface area (Å²) in [5.41, 5.74) is 0. The van der Waals surface area contributed by atoms with E-state index in [1.165, 1.54) is 12.8 Å². The van der Waals surface area contributed by atoms with Crippen molar-refractivity contribution in [3.05, 3.63) is 0 Å². The normalized spacial score (nSPS) is 24.0. The molecule has 0 radical (unpaired) electrons. The lowest BCUT2D eigenvalue weighted by molar-refractivity contribution is -0.0307. The van der Waals surface area contributed by atoms with Crippen LogP contribution in [0.5, 0.6) is 0 Å². The van der Waals surface area contributed by atoms with E-state index in [0.29, 0.717) is 6.10 Å². The van der Waals surface area contributed by atoms with Crippen LogP contribution in [-0.2, 0) is 4.74 Å². The maximum absolute atomic E-state index is 5.71. The topological polar surface area (TPSA) is 24.5 Å². The van der Waals surface area contributed by atoms with E-state index in [4.69, 9.17) is 4.74 Å². The number of nitrogens with zero attached hydrogens (tertiary/aromatic N) is 1. The van der Waals surface area contributed by atoms with Crippen LogP contribution in [0.2, 0.25) is 0 Å². The van der Waals surface area contributed by atoms with Gasteiger partial charge >= 0.3 is 0 Å². The molecule has 3 nitrogen and oxygen atoms in total. The summed E-state index contributed by atoms with van der Waals surface area (Å²) in [5, 5.41) is 0. The molecule has 0 aromatic rings. The average Bonchev–Trinajstić information content (AvgIpc) is 2.25. The Morgan fingerprint density at radius 1 is 1.57 bits per heavy atom. The van der Waals surface area contributed by atoms with E-state index in [-0.39, 0.29) is 0 Å². The Morgan fingerprint density at radius 3 is 3.14 bits per heavy atom. The SMILES string of the molecule is CCN1CCO[C@H](CCCNSC)C1. The van der Waals surface area contributed by atoms with Gasteiger partial charge in [-0.2, -0.15) is 0 Å². The smallest absolute Gasteiger partial charge is 0.0703 e. The van der Waals surface area contributed by atoms with Crippen LogP contribution >= 0.6 is 11.9 Å². The number of likely N-dealkylation sites (N-methyl/N-ethyl adjacent to an activating group) is 1. The van der Waals surface area contributed by atoms with E-state index in [2.05, 4.69) is 22.8 Å². The van der Waals surface area contributed by atoms with Gasteiger partial charge in [-0.05, 0) is 25.6 Å². The second-order valence-corrected chi connectivity index (χ2v) is 4.32. The molecule has 4 heteroatoms. The molecule has 84 valence electrons. The second-order valence-electron chi connectivity index (χ2n) is 3.63. The molecule has 1 atom stereocenters. The lowest BCUT2D eigenvalue weighted by Gasteiger charge is -2.32. The molecule has 1 heterocycles. The number of hydrogen-bond acceptors (Lipinski definition) is 4. The number of hydrogen-bond donors (Lipinski definition) is 1. The molecule has 14 heavy (non-hydrogen) atoms. The summed E-state index contributed by atoms with van der Waals surface area (Å²) < 4.78 is 8.97. The lowest BCUT2D eigenvalue weighted by Crippen LogP contribution is -2.42. The van der Waals surface area contributed by atoms with Crippen molar-refractivity contribution in [3.63, 3.8) is 0 Å². The van der Waals surface area contributed by atoms with Gasteiger partial charge in [-0.25, -0.2) is 0 Å². The number of ether oxygens (including phenoxy) is 1. The van der Waals surface area contributed by atoms with Crippen LogP contribution in [-0.4, -0.2) is 50.0 Å².